The molecule has 0 aliphatic heterocycles. The van der Waals surface area contributed by atoms with Crippen LogP contribution in [0.3, 0.4) is 0 Å². The van der Waals surface area contributed by atoms with Crippen LogP contribution in [0, 0.1) is 12.8 Å². The highest BCUT2D eigenvalue weighted by Crippen LogP contribution is 2.20. The molecule has 2 nitrogen and oxygen atoms in total. The molecule has 0 saturated carbocycles. The number of rotatable bonds is 4. The third-order valence-corrected chi connectivity index (χ3v) is 3.11. The lowest BCUT2D eigenvalue weighted by Crippen LogP contribution is -2.14. The molecule has 0 aliphatic carbocycles. The fourth-order valence-corrected chi connectivity index (χ4v) is 2.21. The number of carboxylic acid groups (broad SMARTS) is 1. The fraction of sp³-hybridized carbons (Fsp3) is 0.500. The molecule has 3 heteroatoms. The molecule has 0 spiro atoms. The summed E-state index contributed by atoms with van der Waals surface area (Å²) in [5.74, 6) is -0.911. The van der Waals surface area contributed by atoms with Gasteiger partial charge >= 0.3 is 5.97 Å². The van der Waals surface area contributed by atoms with E-state index in [1.165, 1.54) is 9.75 Å². The van der Waals surface area contributed by atoms with Crippen molar-refractivity contribution in [2.45, 2.75) is 26.7 Å². The molecule has 0 aliphatic rings. The van der Waals surface area contributed by atoms with Crippen LogP contribution in [0.25, 0.3) is 0 Å². The molecule has 0 amide bonds. The average molecular weight is 198 g/mol. The molecule has 1 N–H and O–H groups in total. The largest absolute Gasteiger partial charge is 0.481 e. The number of aliphatic carboxylic acids is 1. The fourth-order valence-electron chi connectivity index (χ4n) is 1.24. The molecule has 1 heterocycles. The van der Waals surface area contributed by atoms with E-state index in [4.69, 9.17) is 5.11 Å². The monoisotopic (exact) mass is 198 g/mol. The zero-order valence-corrected chi connectivity index (χ0v) is 8.73. The minimum atomic E-state index is -0.687. The van der Waals surface area contributed by atoms with E-state index in [1.54, 1.807) is 11.3 Å². The molecule has 0 radical (unpaired) electrons. The van der Waals surface area contributed by atoms with Gasteiger partial charge in [0.2, 0.25) is 0 Å². The van der Waals surface area contributed by atoms with Crippen molar-refractivity contribution in [3.63, 3.8) is 0 Å². The molecule has 0 unspecified atom stereocenters. The molecule has 1 aromatic rings. The maximum atomic E-state index is 10.7. The minimum absolute atomic E-state index is 0.224. The Morgan fingerprint density at radius 1 is 1.62 bits per heavy atom. The first-order valence-corrected chi connectivity index (χ1v) is 5.23. The lowest BCUT2D eigenvalue weighted by Gasteiger charge is -2.06. The van der Waals surface area contributed by atoms with E-state index in [2.05, 4.69) is 0 Å². The van der Waals surface area contributed by atoms with Crippen molar-refractivity contribution < 1.29 is 9.90 Å². The molecular formula is C10H14O2S. The van der Waals surface area contributed by atoms with E-state index in [0.717, 1.165) is 0 Å². The smallest absolute Gasteiger partial charge is 0.306 e. The Labute approximate surface area is 82.2 Å². The molecule has 1 rings (SSSR count). The van der Waals surface area contributed by atoms with Gasteiger partial charge in [-0.1, -0.05) is 6.92 Å². The van der Waals surface area contributed by atoms with Crippen LogP contribution in [-0.4, -0.2) is 11.1 Å². The minimum Gasteiger partial charge on any atom is -0.481 e. The first-order chi connectivity index (χ1) is 6.13. The molecule has 0 bridgehead atoms. The van der Waals surface area contributed by atoms with Gasteiger partial charge in [0.25, 0.3) is 0 Å². The molecule has 72 valence electrons. The summed E-state index contributed by atoms with van der Waals surface area (Å²) < 4.78 is 0. The quantitative estimate of drug-likeness (QED) is 0.807. The molecule has 1 aromatic heterocycles. The van der Waals surface area contributed by atoms with Gasteiger partial charge in [0, 0.05) is 9.75 Å². The van der Waals surface area contributed by atoms with Crippen LogP contribution < -0.4 is 0 Å². The number of hydrogen-bond donors (Lipinski definition) is 1. The van der Waals surface area contributed by atoms with Crippen LogP contribution >= 0.6 is 11.3 Å². The van der Waals surface area contributed by atoms with Crippen molar-refractivity contribution in [3.05, 3.63) is 21.9 Å². The van der Waals surface area contributed by atoms with E-state index in [-0.39, 0.29) is 5.92 Å². The summed E-state index contributed by atoms with van der Waals surface area (Å²) in [6.07, 6.45) is 1.37. The average Bonchev–Trinajstić information content (AvgIpc) is 2.46. The standard InChI is InChI=1S/C10H14O2S/c1-3-8(10(11)12)6-9-5-4-7(2)13-9/h4-5,8H,3,6H2,1-2H3,(H,11,12)/t8-/m0/s1. The highest BCUT2D eigenvalue weighted by Gasteiger charge is 2.15. The van der Waals surface area contributed by atoms with Crippen molar-refractivity contribution in [1.29, 1.82) is 0 Å². The van der Waals surface area contributed by atoms with E-state index in [1.807, 2.05) is 26.0 Å². The first-order valence-electron chi connectivity index (χ1n) is 4.41. The number of carboxylic acids is 1. The molecule has 0 fully saturated rings. The molecule has 13 heavy (non-hydrogen) atoms. The van der Waals surface area contributed by atoms with E-state index >= 15 is 0 Å². The Morgan fingerprint density at radius 3 is 2.69 bits per heavy atom. The predicted molar refractivity (Wildman–Crippen MR) is 54.2 cm³/mol. The number of thiophene rings is 1. The third-order valence-electron chi connectivity index (χ3n) is 2.09. The Bertz CT molecular complexity index is 291. The highest BCUT2D eigenvalue weighted by atomic mass is 32.1. The maximum Gasteiger partial charge on any atom is 0.306 e. The van der Waals surface area contributed by atoms with Gasteiger partial charge < -0.3 is 5.11 Å². The molecule has 0 saturated heterocycles. The number of carbonyl (C=O) groups is 1. The third kappa shape index (κ3) is 2.84. The lowest BCUT2D eigenvalue weighted by atomic mass is 10.0. The van der Waals surface area contributed by atoms with E-state index in [0.29, 0.717) is 12.8 Å². The van der Waals surface area contributed by atoms with Gasteiger partial charge in [0.15, 0.2) is 0 Å². The van der Waals surface area contributed by atoms with Gasteiger partial charge in [0.05, 0.1) is 5.92 Å². The molecular weight excluding hydrogens is 184 g/mol. The van der Waals surface area contributed by atoms with Crippen LogP contribution in [0.5, 0.6) is 0 Å². The van der Waals surface area contributed by atoms with E-state index < -0.39 is 5.97 Å². The summed E-state index contributed by atoms with van der Waals surface area (Å²) >= 11 is 1.69. The van der Waals surface area contributed by atoms with Crippen LogP contribution in [0.15, 0.2) is 12.1 Å². The summed E-state index contributed by atoms with van der Waals surface area (Å²) in [5.41, 5.74) is 0. The van der Waals surface area contributed by atoms with E-state index in [9.17, 15) is 4.79 Å². The Hall–Kier alpha value is -0.830. The van der Waals surface area contributed by atoms with Crippen molar-refractivity contribution in [3.8, 4) is 0 Å². The van der Waals surface area contributed by atoms with Gasteiger partial charge in [-0.3, -0.25) is 4.79 Å². The van der Waals surface area contributed by atoms with Crippen LogP contribution in [0.2, 0.25) is 0 Å². The second kappa shape index (κ2) is 4.42. The van der Waals surface area contributed by atoms with Crippen molar-refractivity contribution >= 4 is 17.3 Å². The van der Waals surface area contributed by atoms with Crippen molar-refractivity contribution in [2.75, 3.05) is 0 Å². The van der Waals surface area contributed by atoms with Crippen LogP contribution in [-0.2, 0) is 11.2 Å². The van der Waals surface area contributed by atoms with Crippen molar-refractivity contribution in [2.24, 2.45) is 5.92 Å². The van der Waals surface area contributed by atoms with Crippen LogP contribution in [0.1, 0.15) is 23.1 Å². The Kier molecular flexibility index (Phi) is 3.48. The summed E-state index contributed by atoms with van der Waals surface area (Å²) in [7, 11) is 0. The highest BCUT2D eigenvalue weighted by molar-refractivity contribution is 7.11. The summed E-state index contributed by atoms with van der Waals surface area (Å²) in [6.45, 7) is 3.95. The van der Waals surface area contributed by atoms with Gasteiger partial charge in [0.1, 0.15) is 0 Å². The van der Waals surface area contributed by atoms with Crippen LogP contribution in [0.4, 0.5) is 0 Å². The lowest BCUT2D eigenvalue weighted by molar-refractivity contribution is -0.141. The Balaban J connectivity index is 2.61. The predicted octanol–water partition coefficient (Wildman–Crippen LogP) is 2.71. The number of hydrogen-bond acceptors (Lipinski definition) is 2. The SMILES string of the molecule is CC[C@@H](Cc1ccc(C)s1)C(=O)O. The second-order valence-corrected chi connectivity index (χ2v) is 4.53. The normalized spacial score (nSPS) is 12.8. The van der Waals surface area contributed by atoms with Gasteiger partial charge in [-0.05, 0) is 31.9 Å². The molecule has 0 aromatic carbocycles. The second-order valence-electron chi connectivity index (χ2n) is 3.16. The van der Waals surface area contributed by atoms with Gasteiger partial charge in [-0.15, -0.1) is 11.3 Å². The Morgan fingerprint density at radius 2 is 2.31 bits per heavy atom. The number of aryl methyl sites for hydroxylation is 1. The zero-order valence-electron chi connectivity index (χ0n) is 7.91. The molecule has 1 atom stereocenters. The van der Waals surface area contributed by atoms with Gasteiger partial charge in [-0.2, -0.15) is 0 Å². The maximum absolute atomic E-state index is 10.7. The topological polar surface area (TPSA) is 37.3 Å². The van der Waals surface area contributed by atoms with Gasteiger partial charge in [-0.25, -0.2) is 0 Å². The summed E-state index contributed by atoms with van der Waals surface area (Å²) in [4.78, 5) is 13.2. The first kappa shape index (κ1) is 10.3. The zero-order chi connectivity index (χ0) is 9.84. The van der Waals surface area contributed by atoms with Crippen molar-refractivity contribution in [1.82, 2.24) is 0 Å². The summed E-state index contributed by atoms with van der Waals surface area (Å²) in [5, 5.41) is 8.85. The summed E-state index contributed by atoms with van der Waals surface area (Å²) in [6, 6.07) is 4.06.